The van der Waals surface area contributed by atoms with Crippen molar-refractivity contribution in [2.45, 2.75) is 25.5 Å². The van der Waals surface area contributed by atoms with Gasteiger partial charge in [-0.3, -0.25) is 9.59 Å². The Hall–Kier alpha value is -3.76. The van der Waals surface area contributed by atoms with E-state index in [0.717, 1.165) is 21.9 Å². The number of aryl methyl sites for hydroxylation is 1. The molecule has 1 aliphatic heterocycles. The number of anilines is 1. The molecule has 4 heteroatoms. The summed E-state index contributed by atoms with van der Waals surface area (Å²) in [7, 11) is 0. The second-order valence-electron chi connectivity index (χ2n) is 8.37. The molecular formula is C28H23NO3. The van der Waals surface area contributed by atoms with E-state index in [1.54, 1.807) is 29.2 Å². The van der Waals surface area contributed by atoms with Crippen molar-refractivity contribution in [1.29, 1.82) is 0 Å². The maximum Gasteiger partial charge on any atom is 0.264 e. The molecule has 0 saturated carbocycles. The Morgan fingerprint density at radius 2 is 1.56 bits per heavy atom. The summed E-state index contributed by atoms with van der Waals surface area (Å²) in [4.78, 5) is 28.1. The maximum absolute atomic E-state index is 13.6. The van der Waals surface area contributed by atoms with Gasteiger partial charge in [-0.05, 0) is 29.3 Å². The first-order valence-electron chi connectivity index (χ1n) is 10.7. The van der Waals surface area contributed by atoms with Crippen molar-refractivity contribution < 1.29 is 14.7 Å². The van der Waals surface area contributed by atoms with Gasteiger partial charge in [-0.2, -0.15) is 0 Å². The molecule has 5 rings (SSSR count). The minimum atomic E-state index is -1.89. The summed E-state index contributed by atoms with van der Waals surface area (Å²) in [6, 6.07) is 28.4. The number of hydrogen-bond donors (Lipinski definition) is 1. The molecule has 4 aromatic rings. The second kappa shape index (κ2) is 7.74. The number of nitrogens with zero attached hydrogens (tertiary/aromatic N) is 1. The lowest BCUT2D eigenvalue weighted by atomic mass is 9.88. The number of ketones is 1. The molecule has 32 heavy (non-hydrogen) atoms. The third-order valence-electron chi connectivity index (χ3n) is 6.24. The Morgan fingerprint density at radius 3 is 2.38 bits per heavy atom. The fraction of sp³-hybridized carbons (Fsp3) is 0.143. The standard InChI is InChI=1S/C28H23NO3/c1-19-13-15-21(16-14-19)26(30)17-28(32)24-11-4-5-12-25(24)29(27(28)31)18-22-9-6-8-20-7-2-3-10-23(20)22/h2-16,32H,17-18H2,1H3/t28-/m0/s1. The third kappa shape index (κ3) is 3.29. The van der Waals surface area contributed by atoms with Crippen molar-refractivity contribution in [2.24, 2.45) is 0 Å². The molecule has 1 aliphatic rings. The lowest BCUT2D eigenvalue weighted by Gasteiger charge is -2.23. The fourth-order valence-corrected chi connectivity index (χ4v) is 4.51. The zero-order chi connectivity index (χ0) is 22.3. The van der Waals surface area contributed by atoms with E-state index in [9.17, 15) is 14.7 Å². The molecule has 158 valence electrons. The topological polar surface area (TPSA) is 57.6 Å². The lowest BCUT2D eigenvalue weighted by Crippen LogP contribution is -2.41. The van der Waals surface area contributed by atoms with Crippen LogP contribution in [0, 0.1) is 6.92 Å². The van der Waals surface area contributed by atoms with Gasteiger partial charge in [0.1, 0.15) is 0 Å². The van der Waals surface area contributed by atoms with E-state index in [-0.39, 0.29) is 12.2 Å². The maximum atomic E-state index is 13.6. The highest BCUT2D eigenvalue weighted by molar-refractivity contribution is 6.11. The monoisotopic (exact) mass is 421 g/mol. The van der Waals surface area contributed by atoms with Gasteiger partial charge in [0.05, 0.1) is 18.7 Å². The quantitative estimate of drug-likeness (QED) is 0.453. The second-order valence-corrected chi connectivity index (χ2v) is 8.37. The summed E-state index contributed by atoms with van der Waals surface area (Å²) in [6.45, 7) is 2.27. The molecule has 0 bridgehead atoms. The van der Waals surface area contributed by atoms with E-state index in [1.165, 1.54) is 0 Å². The summed E-state index contributed by atoms with van der Waals surface area (Å²) in [5.41, 5.74) is 1.75. The molecule has 0 saturated heterocycles. The smallest absolute Gasteiger partial charge is 0.264 e. The van der Waals surface area contributed by atoms with Gasteiger partial charge in [0.2, 0.25) is 0 Å². The number of aliphatic hydroxyl groups is 1. The molecule has 0 radical (unpaired) electrons. The lowest BCUT2D eigenvalue weighted by molar-refractivity contribution is -0.136. The average molecular weight is 421 g/mol. The van der Waals surface area contributed by atoms with Crippen LogP contribution in [0.4, 0.5) is 5.69 Å². The number of benzene rings is 4. The largest absolute Gasteiger partial charge is 0.375 e. The van der Waals surface area contributed by atoms with E-state index >= 15 is 0 Å². The molecule has 0 fully saturated rings. The predicted octanol–water partition coefficient (Wildman–Crippen LogP) is 5.16. The number of amides is 1. The highest BCUT2D eigenvalue weighted by atomic mass is 16.3. The van der Waals surface area contributed by atoms with Gasteiger partial charge in [0.15, 0.2) is 11.4 Å². The molecular weight excluding hydrogens is 398 g/mol. The van der Waals surface area contributed by atoms with Crippen LogP contribution in [0.25, 0.3) is 10.8 Å². The van der Waals surface area contributed by atoms with E-state index in [0.29, 0.717) is 23.4 Å². The predicted molar refractivity (Wildman–Crippen MR) is 126 cm³/mol. The van der Waals surface area contributed by atoms with Gasteiger partial charge in [-0.1, -0.05) is 90.5 Å². The Morgan fingerprint density at radius 1 is 0.875 bits per heavy atom. The Bertz CT molecular complexity index is 1340. The van der Waals surface area contributed by atoms with Crippen LogP contribution < -0.4 is 4.90 Å². The van der Waals surface area contributed by atoms with Crippen LogP contribution in [0.15, 0.2) is 91.0 Å². The molecule has 4 aromatic carbocycles. The van der Waals surface area contributed by atoms with E-state index in [2.05, 4.69) is 0 Å². The van der Waals surface area contributed by atoms with Gasteiger partial charge in [-0.25, -0.2) is 0 Å². The minimum absolute atomic E-state index is 0.261. The van der Waals surface area contributed by atoms with E-state index in [4.69, 9.17) is 0 Å². The first kappa shape index (κ1) is 20.2. The molecule has 0 aliphatic carbocycles. The summed E-state index contributed by atoms with van der Waals surface area (Å²) in [5, 5.41) is 13.7. The molecule has 0 spiro atoms. The van der Waals surface area contributed by atoms with Crippen molar-refractivity contribution in [3.05, 3.63) is 113 Å². The van der Waals surface area contributed by atoms with Crippen LogP contribution in [0.2, 0.25) is 0 Å². The molecule has 1 atom stereocenters. The van der Waals surface area contributed by atoms with Crippen molar-refractivity contribution >= 4 is 28.2 Å². The molecule has 4 nitrogen and oxygen atoms in total. The Balaban J connectivity index is 1.51. The number of para-hydroxylation sites is 1. The van der Waals surface area contributed by atoms with Crippen molar-refractivity contribution in [2.75, 3.05) is 4.90 Å². The van der Waals surface area contributed by atoms with Crippen LogP contribution in [0.5, 0.6) is 0 Å². The number of carbonyl (C=O) groups excluding carboxylic acids is 2. The molecule has 1 N–H and O–H groups in total. The van der Waals surface area contributed by atoms with Crippen molar-refractivity contribution in [3.63, 3.8) is 0 Å². The number of carbonyl (C=O) groups is 2. The first-order valence-corrected chi connectivity index (χ1v) is 10.7. The van der Waals surface area contributed by atoms with Gasteiger partial charge in [-0.15, -0.1) is 0 Å². The number of Topliss-reactive ketones (excluding diaryl/α,β-unsaturated/α-hetero) is 1. The van der Waals surface area contributed by atoms with E-state index in [1.807, 2.05) is 73.7 Å². The summed E-state index contributed by atoms with van der Waals surface area (Å²) in [5.74, 6) is -0.727. The van der Waals surface area contributed by atoms with Gasteiger partial charge in [0.25, 0.3) is 5.91 Å². The number of hydrogen-bond acceptors (Lipinski definition) is 3. The summed E-state index contributed by atoms with van der Waals surface area (Å²) >= 11 is 0. The third-order valence-corrected chi connectivity index (χ3v) is 6.24. The molecule has 1 heterocycles. The first-order chi connectivity index (χ1) is 15.5. The van der Waals surface area contributed by atoms with Crippen LogP contribution in [0.3, 0.4) is 0 Å². The highest BCUT2D eigenvalue weighted by Gasteiger charge is 2.50. The highest BCUT2D eigenvalue weighted by Crippen LogP contribution is 2.43. The SMILES string of the molecule is Cc1ccc(C(=O)C[C@@]2(O)C(=O)N(Cc3cccc4ccccc34)c3ccccc32)cc1. The Kier molecular flexibility index (Phi) is 4.87. The summed E-state index contributed by atoms with van der Waals surface area (Å²) < 4.78 is 0. The van der Waals surface area contributed by atoms with Crippen LogP contribution >= 0.6 is 0 Å². The van der Waals surface area contributed by atoms with Crippen LogP contribution in [-0.2, 0) is 16.9 Å². The van der Waals surface area contributed by atoms with Crippen LogP contribution in [-0.4, -0.2) is 16.8 Å². The van der Waals surface area contributed by atoms with E-state index < -0.39 is 11.5 Å². The minimum Gasteiger partial charge on any atom is -0.375 e. The Labute approximate surface area is 186 Å². The normalized spacial score (nSPS) is 17.6. The molecule has 1 amide bonds. The van der Waals surface area contributed by atoms with Gasteiger partial charge >= 0.3 is 0 Å². The molecule has 0 unspecified atom stereocenters. The zero-order valence-electron chi connectivity index (χ0n) is 17.8. The zero-order valence-corrected chi connectivity index (χ0v) is 17.8. The van der Waals surface area contributed by atoms with Gasteiger partial charge < -0.3 is 10.0 Å². The summed E-state index contributed by atoms with van der Waals surface area (Å²) in [6.07, 6.45) is -0.294. The van der Waals surface area contributed by atoms with Crippen molar-refractivity contribution in [1.82, 2.24) is 0 Å². The average Bonchev–Trinajstić information content (AvgIpc) is 3.01. The number of rotatable bonds is 5. The van der Waals surface area contributed by atoms with Gasteiger partial charge in [0, 0.05) is 11.1 Å². The van der Waals surface area contributed by atoms with Crippen molar-refractivity contribution in [3.8, 4) is 0 Å². The number of fused-ring (bicyclic) bond motifs is 2. The molecule has 0 aromatic heterocycles. The fourth-order valence-electron chi connectivity index (χ4n) is 4.51. The van der Waals surface area contributed by atoms with Crippen LogP contribution in [0.1, 0.15) is 33.5 Å².